The predicted molar refractivity (Wildman–Crippen MR) is 127 cm³/mol. The van der Waals surface area contributed by atoms with Gasteiger partial charge in [0.2, 0.25) is 6.41 Å². The number of nitrogens with zero attached hydrogens (tertiary/aromatic N) is 3. The predicted octanol–water partition coefficient (Wildman–Crippen LogP) is 2.47. The fraction of sp³-hybridized carbons (Fsp3) is 0.292. The van der Waals surface area contributed by atoms with Gasteiger partial charge in [-0.15, -0.1) is 0 Å². The van der Waals surface area contributed by atoms with Crippen molar-refractivity contribution in [2.24, 2.45) is 5.73 Å². The highest BCUT2D eigenvalue weighted by atomic mass is 19.1. The highest BCUT2D eigenvalue weighted by Gasteiger charge is 2.26. The second kappa shape index (κ2) is 9.92. The maximum absolute atomic E-state index is 13.8. The Morgan fingerprint density at radius 1 is 1.26 bits per heavy atom. The van der Waals surface area contributed by atoms with Crippen molar-refractivity contribution in [1.29, 1.82) is 0 Å². The number of hydrogen-bond donors (Lipinski definition) is 3. The number of hydrogen-bond acceptors (Lipinski definition) is 6. The molecule has 1 fully saturated rings. The summed E-state index contributed by atoms with van der Waals surface area (Å²) >= 11 is 0. The number of nitrogens with two attached hydrogens (primary N) is 2. The first kappa shape index (κ1) is 23.2. The molecule has 1 aromatic heterocycles. The highest BCUT2D eigenvalue weighted by Crippen LogP contribution is 2.33. The number of anilines is 2. The van der Waals surface area contributed by atoms with E-state index in [1.165, 1.54) is 30.2 Å². The summed E-state index contributed by atoms with van der Waals surface area (Å²) in [7, 11) is 1.46. The van der Waals surface area contributed by atoms with Crippen LogP contribution in [0.5, 0.6) is 5.75 Å². The summed E-state index contributed by atoms with van der Waals surface area (Å²) in [6.45, 7) is 1.89. The zero-order valence-electron chi connectivity index (χ0n) is 18.8. The van der Waals surface area contributed by atoms with Gasteiger partial charge in [-0.05, 0) is 43.6 Å². The minimum atomic E-state index is -0.637. The van der Waals surface area contributed by atoms with Crippen LogP contribution in [0.15, 0.2) is 42.5 Å². The molecule has 1 saturated heterocycles. The number of nitrogen functional groups attached to an aromatic ring is 1. The average molecular weight is 467 g/mol. The molecule has 2 aromatic carbocycles. The molecule has 10 heteroatoms. The lowest BCUT2D eigenvalue weighted by Crippen LogP contribution is -2.30. The Kier molecular flexibility index (Phi) is 6.78. The van der Waals surface area contributed by atoms with Crippen LogP contribution >= 0.6 is 0 Å². The molecule has 0 spiro atoms. The lowest BCUT2D eigenvalue weighted by atomic mass is 10.0. The van der Waals surface area contributed by atoms with E-state index >= 15 is 0 Å². The Balaban J connectivity index is 1.62. The molecule has 0 saturated carbocycles. The molecule has 0 bridgehead atoms. The smallest absolute Gasteiger partial charge is 0.254 e. The molecule has 2 amide bonds. The van der Waals surface area contributed by atoms with Crippen molar-refractivity contribution in [3.63, 3.8) is 0 Å². The molecule has 0 atom stereocenters. The highest BCUT2D eigenvalue weighted by molar-refractivity contribution is 6.03. The van der Waals surface area contributed by atoms with Crippen LogP contribution in [-0.2, 0) is 11.3 Å². The Hall–Kier alpha value is -3.92. The number of methoxy groups -OCH3 is 1. The van der Waals surface area contributed by atoms with E-state index in [0.29, 0.717) is 29.1 Å². The number of primary amides is 1. The van der Waals surface area contributed by atoms with E-state index in [0.717, 1.165) is 31.5 Å². The third-order valence-electron chi connectivity index (χ3n) is 6.01. The first-order valence-corrected chi connectivity index (χ1v) is 11.0. The summed E-state index contributed by atoms with van der Waals surface area (Å²) in [4.78, 5) is 25.3. The Morgan fingerprint density at radius 3 is 2.59 bits per heavy atom. The van der Waals surface area contributed by atoms with Crippen molar-refractivity contribution in [3.05, 3.63) is 59.4 Å². The minimum absolute atomic E-state index is 0.0924. The quantitative estimate of drug-likeness (QED) is 0.438. The zero-order chi connectivity index (χ0) is 24.2. The summed E-state index contributed by atoms with van der Waals surface area (Å²) in [6, 6.07) is 11.3. The second-order valence-electron chi connectivity index (χ2n) is 8.15. The number of benzene rings is 2. The lowest BCUT2D eigenvalue weighted by molar-refractivity contribution is -0.107. The number of carbonyl (C=O) groups is 2. The molecule has 2 heterocycles. The number of nitrogens with one attached hydrogen (secondary N) is 1. The van der Waals surface area contributed by atoms with Crippen molar-refractivity contribution in [2.75, 3.05) is 30.8 Å². The summed E-state index contributed by atoms with van der Waals surface area (Å²) in [6.07, 6.45) is 2.33. The zero-order valence-corrected chi connectivity index (χ0v) is 18.8. The molecule has 1 aliphatic rings. The van der Waals surface area contributed by atoms with Crippen molar-refractivity contribution in [2.45, 2.75) is 25.4 Å². The van der Waals surface area contributed by atoms with Gasteiger partial charge in [0.25, 0.3) is 5.91 Å². The summed E-state index contributed by atoms with van der Waals surface area (Å²) < 4.78 is 20.7. The number of amides is 2. The maximum Gasteiger partial charge on any atom is 0.254 e. The van der Waals surface area contributed by atoms with Gasteiger partial charge in [-0.2, -0.15) is 5.10 Å². The molecular weight excluding hydrogens is 439 g/mol. The van der Waals surface area contributed by atoms with E-state index in [9.17, 15) is 14.0 Å². The largest absolute Gasteiger partial charge is 0.495 e. The second-order valence-corrected chi connectivity index (χ2v) is 8.15. The van der Waals surface area contributed by atoms with Gasteiger partial charge < -0.3 is 26.4 Å². The molecule has 34 heavy (non-hydrogen) atoms. The molecule has 0 aliphatic carbocycles. The Morgan fingerprint density at radius 2 is 1.97 bits per heavy atom. The van der Waals surface area contributed by atoms with Gasteiger partial charge in [-0.3, -0.25) is 9.59 Å². The number of aromatic nitrogens is 2. The summed E-state index contributed by atoms with van der Waals surface area (Å²) in [5.74, 6) is -0.458. The summed E-state index contributed by atoms with van der Waals surface area (Å²) in [5.41, 5.74) is 14.3. The van der Waals surface area contributed by atoms with Crippen LogP contribution in [0.2, 0.25) is 0 Å². The Labute approximate surface area is 196 Å². The van der Waals surface area contributed by atoms with Gasteiger partial charge in [-0.25, -0.2) is 9.07 Å². The van der Waals surface area contributed by atoms with Crippen LogP contribution in [0.3, 0.4) is 0 Å². The third-order valence-corrected chi connectivity index (χ3v) is 6.01. The molecule has 5 N–H and O–H groups in total. The molecule has 3 aromatic rings. The van der Waals surface area contributed by atoms with Crippen molar-refractivity contribution in [1.82, 2.24) is 15.1 Å². The van der Waals surface area contributed by atoms with Gasteiger partial charge in [0.05, 0.1) is 25.4 Å². The van der Waals surface area contributed by atoms with E-state index in [1.807, 2.05) is 12.1 Å². The number of rotatable bonds is 8. The monoisotopic (exact) mass is 466 g/mol. The van der Waals surface area contributed by atoms with Crippen LogP contribution in [0.4, 0.5) is 15.9 Å². The molecule has 0 radical (unpaired) electrons. The van der Waals surface area contributed by atoms with Crippen LogP contribution in [0, 0.1) is 5.82 Å². The van der Waals surface area contributed by atoms with E-state index in [2.05, 4.69) is 10.4 Å². The molecular formula is C24H27FN6O3. The van der Waals surface area contributed by atoms with Crippen molar-refractivity contribution >= 4 is 23.8 Å². The van der Waals surface area contributed by atoms with Gasteiger partial charge in [0.15, 0.2) is 0 Å². The number of ether oxygens (including phenoxy) is 1. The van der Waals surface area contributed by atoms with Crippen molar-refractivity contribution < 1.29 is 18.7 Å². The maximum atomic E-state index is 13.8. The Bertz CT molecular complexity index is 1190. The average Bonchev–Trinajstić information content (AvgIpc) is 3.20. The van der Waals surface area contributed by atoms with Crippen LogP contribution < -0.4 is 26.4 Å². The standard InChI is InChI=1S/C24H27FN6O3/c1-34-20-7-6-17(25)12-19(20)30(14-32)13-15-2-4-16(5-3-15)22-21(24(27)33)23(26)31(29-22)18-8-10-28-11-9-18/h2-7,12,14,18,28H,8-11,13,26H2,1H3,(H2,27,33). The van der Waals surface area contributed by atoms with E-state index in [-0.39, 0.29) is 24.0 Å². The molecule has 1 aliphatic heterocycles. The summed E-state index contributed by atoms with van der Waals surface area (Å²) in [5, 5.41) is 7.95. The lowest BCUT2D eigenvalue weighted by Gasteiger charge is -2.23. The molecule has 178 valence electrons. The molecule has 9 nitrogen and oxygen atoms in total. The van der Waals surface area contributed by atoms with Gasteiger partial charge in [0.1, 0.15) is 28.6 Å². The number of piperidine rings is 1. The first-order valence-electron chi connectivity index (χ1n) is 11.0. The fourth-order valence-corrected chi connectivity index (χ4v) is 4.25. The number of carbonyl (C=O) groups excluding carboxylic acids is 2. The van der Waals surface area contributed by atoms with E-state index in [1.54, 1.807) is 16.8 Å². The van der Waals surface area contributed by atoms with Gasteiger partial charge in [-0.1, -0.05) is 24.3 Å². The fourth-order valence-electron chi connectivity index (χ4n) is 4.25. The number of halogens is 1. The van der Waals surface area contributed by atoms with Crippen LogP contribution in [-0.4, -0.2) is 42.3 Å². The normalized spacial score (nSPS) is 14.1. The van der Waals surface area contributed by atoms with Crippen molar-refractivity contribution in [3.8, 4) is 17.0 Å². The molecule has 4 rings (SSSR count). The van der Waals surface area contributed by atoms with Crippen LogP contribution in [0.1, 0.15) is 34.8 Å². The third kappa shape index (κ3) is 4.58. The van der Waals surface area contributed by atoms with Crippen LogP contribution in [0.25, 0.3) is 11.3 Å². The topological polar surface area (TPSA) is 128 Å². The first-order chi connectivity index (χ1) is 16.4. The van der Waals surface area contributed by atoms with Gasteiger partial charge >= 0.3 is 0 Å². The van der Waals surface area contributed by atoms with Gasteiger partial charge in [0, 0.05) is 11.6 Å². The minimum Gasteiger partial charge on any atom is -0.495 e. The molecule has 0 unspecified atom stereocenters. The van der Waals surface area contributed by atoms with E-state index in [4.69, 9.17) is 16.2 Å². The SMILES string of the molecule is COc1ccc(F)cc1N(C=O)Cc1ccc(-c2nn(C3CCNCC3)c(N)c2C(N)=O)cc1. The van der Waals surface area contributed by atoms with E-state index < -0.39 is 11.7 Å².